The first-order valence-corrected chi connectivity index (χ1v) is 8.94. The standard InChI is InChI=1S/C21H16F3N3O/c22-21(23,24)19-15(11-25)8-16(12-26-19)20(28)27-17-6-7-18(27)10-14(9-17)13-4-2-1-3-5-13/h1-5,8-9,12,17-18H,6-7,10H2. The fourth-order valence-electron chi connectivity index (χ4n) is 4.05. The van der Waals surface area contributed by atoms with Gasteiger partial charge < -0.3 is 4.90 Å². The normalized spacial score (nSPS) is 21.2. The maximum atomic E-state index is 13.0. The number of hydrogen-bond donors (Lipinski definition) is 0. The maximum absolute atomic E-state index is 13.0. The summed E-state index contributed by atoms with van der Waals surface area (Å²) in [6.07, 6.45) is 0.602. The van der Waals surface area contributed by atoms with Crippen LogP contribution in [0, 0.1) is 11.3 Å². The molecule has 2 aliphatic rings. The molecule has 3 heterocycles. The number of nitrogens with zero attached hydrogens (tertiary/aromatic N) is 3. The Morgan fingerprint density at radius 1 is 1.21 bits per heavy atom. The van der Waals surface area contributed by atoms with Crippen LogP contribution >= 0.6 is 0 Å². The summed E-state index contributed by atoms with van der Waals surface area (Å²) in [5, 5.41) is 9.05. The highest BCUT2D eigenvalue weighted by Gasteiger charge is 2.41. The molecule has 0 spiro atoms. The van der Waals surface area contributed by atoms with Crippen LogP contribution in [0.5, 0.6) is 0 Å². The third kappa shape index (κ3) is 3.15. The summed E-state index contributed by atoms with van der Waals surface area (Å²) in [5.74, 6) is -0.381. The minimum Gasteiger partial charge on any atom is -0.329 e. The summed E-state index contributed by atoms with van der Waals surface area (Å²) in [4.78, 5) is 18.1. The van der Waals surface area contributed by atoms with Gasteiger partial charge in [0.25, 0.3) is 5.91 Å². The lowest BCUT2D eigenvalue weighted by atomic mass is 9.94. The van der Waals surface area contributed by atoms with Crippen molar-refractivity contribution < 1.29 is 18.0 Å². The minimum absolute atomic E-state index is 0.00876. The van der Waals surface area contributed by atoms with Gasteiger partial charge in [-0.25, -0.2) is 4.98 Å². The third-order valence-corrected chi connectivity index (χ3v) is 5.30. The Bertz CT molecular complexity index is 992. The lowest BCUT2D eigenvalue weighted by molar-refractivity contribution is -0.141. The molecular formula is C21H16F3N3O. The summed E-state index contributed by atoms with van der Waals surface area (Å²) in [7, 11) is 0. The van der Waals surface area contributed by atoms with Crippen LogP contribution in [0.25, 0.3) is 5.57 Å². The van der Waals surface area contributed by atoms with Gasteiger partial charge in [0, 0.05) is 12.2 Å². The molecule has 4 rings (SSSR count). The van der Waals surface area contributed by atoms with E-state index < -0.39 is 17.4 Å². The number of rotatable bonds is 2. The van der Waals surface area contributed by atoms with Crippen LogP contribution in [-0.4, -0.2) is 27.9 Å². The van der Waals surface area contributed by atoms with Crippen LogP contribution in [0.2, 0.25) is 0 Å². The molecular weight excluding hydrogens is 367 g/mol. The van der Waals surface area contributed by atoms with Crippen LogP contribution in [0.3, 0.4) is 0 Å². The average Bonchev–Trinajstić information content (AvgIpc) is 2.96. The molecule has 1 aromatic heterocycles. The molecule has 0 radical (unpaired) electrons. The number of benzene rings is 1. The van der Waals surface area contributed by atoms with E-state index in [1.807, 2.05) is 30.3 Å². The van der Waals surface area contributed by atoms with Crippen molar-refractivity contribution in [3.05, 3.63) is 71.1 Å². The maximum Gasteiger partial charge on any atom is 0.434 e. The zero-order valence-electron chi connectivity index (χ0n) is 14.8. The van der Waals surface area contributed by atoms with Gasteiger partial charge in [-0.3, -0.25) is 4.79 Å². The van der Waals surface area contributed by atoms with Gasteiger partial charge in [0.15, 0.2) is 5.69 Å². The van der Waals surface area contributed by atoms with Gasteiger partial charge in [0.2, 0.25) is 0 Å². The quantitative estimate of drug-likeness (QED) is 0.771. The van der Waals surface area contributed by atoms with Crippen molar-refractivity contribution >= 4 is 11.5 Å². The average molecular weight is 383 g/mol. The molecule has 7 heteroatoms. The Kier molecular flexibility index (Phi) is 4.42. The molecule has 2 aliphatic heterocycles. The number of pyridine rings is 1. The van der Waals surface area contributed by atoms with Crippen molar-refractivity contribution in [2.24, 2.45) is 0 Å². The fourth-order valence-corrected chi connectivity index (χ4v) is 4.05. The summed E-state index contributed by atoms with van der Waals surface area (Å²) < 4.78 is 38.8. The number of carbonyl (C=O) groups excluding carboxylic acids is 1. The van der Waals surface area contributed by atoms with E-state index in [9.17, 15) is 18.0 Å². The van der Waals surface area contributed by atoms with Gasteiger partial charge in [0.1, 0.15) is 6.07 Å². The number of halogens is 3. The van der Waals surface area contributed by atoms with E-state index in [0.29, 0.717) is 6.42 Å². The molecule has 0 saturated carbocycles. The minimum atomic E-state index is -4.73. The molecule has 2 aromatic rings. The third-order valence-electron chi connectivity index (χ3n) is 5.30. The number of nitriles is 1. The number of carbonyl (C=O) groups is 1. The van der Waals surface area contributed by atoms with Crippen LogP contribution in [-0.2, 0) is 6.18 Å². The van der Waals surface area contributed by atoms with Crippen LogP contribution in [0.1, 0.15) is 46.4 Å². The molecule has 1 saturated heterocycles. The first kappa shape index (κ1) is 18.2. The molecule has 1 fully saturated rings. The molecule has 2 unspecified atom stereocenters. The van der Waals surface area contributed by atoms with Crippen LogP contribution < -0.4 is 0 Å². The van der Waals surface area contributed by atoms with Crippen molar-refractivity contribution in [2.45, 2.75) is 37.5 Å². The van der Waals surface area contributed by atoms with Gasteiger partial charge >= 0.3 is 6.18 Å². The van der Waals surface area contributed by atoms with Gasteiger partial charge in [-0.05, 0) is 36.5 Å². The number of hydrogen-bond acceptors (Lipinski definition) is 3. The highest BCUT2D eigenvalue weighted by molar-refractivity contribution is 5.95. The second-order valence-electron chi connectivity index (χ2n) is 7.00. The first-order valence-electron chi connectivity index (χ1n) is 8.94. The summed E-state index contributed by atoms with van der Waals surface area (Å²) >= 11 is 0. The van der Waals surface area contributed by atoms with Crippen molar-refractivity contribution in [2.75, 3.05) is 0 Å². The molecule has 1 aromatic carbocycles. The van der Waals surface area contributed by atoms with Crippen molar-refractivity contribution in [1.82, 2.24) is 9.88 Å². The smallest absolute Gasteiger partial charge is 0.329 e. The zero-order valence-corrected chi connectivity index (χ0v) is 14.8. The van der Waals surface area contributed by atoms with Crippen molar-refractivity contribution in [3.63, 3.8) is 0 Å². The summed E-state index contributed by atoms with van der Waals surface area (Å²) in [6.45, 7) is 0. The monoisotopic (exact) mass is 383 g/mol. The first-order chi connectivity index (χ1) is 13.4. The van der Waals surface area contributed by atoms with E-state index in [0.717, 1.165) is 30.7 Å². The fraction of sp³-hybridized carbons (Fsp3) is 0.286. The molecule has 2 atom stereocenters. The van der Waals surface area contributed by atoms with Crippen LogP contribution in [0.15, 0.2) is 48.7 Å². The topological polar surface area (TPSA) is 57.0 Å². The van der Waals surface area contributed by atoms with Gasteiger partial charge in [-0.2, -0.15) is 18.4 Å². The molecule has 0 aliphatic carbocycles. The highest BCUT2D eigenvalue weighted by atomic mass is 19.4. The number of amides is 1. The molecule has 4 nitrogen and oxygen atoms in total. The van der Waals surface area contributed by atoms with Gasteiger partial charge in [0.05, 0.1) is 17.2 Å². The summed E-state index contributed by atoms with van der Waals surface area (Å²) in [5.41, 5.74) is 0.413. The second-order valence-corrected chi connectivity index (χ2v) is 7.00. The van der Waals surface area contributed by atoms with Gasteiger partial charge in [-0.1, -0.05) is 36.4 Å². The highest BCUT2D eigenvalue weighted by Crippen LogP contribution is 2.39. The lowest BCUT2D eigenvalue weighted by Crippen LogP contribution is -2.43. The van der Waals surface area contributed by atoms with E-state index in [1.54, 1.807) is 4.90 Å². The molecule has 28 heavy (non-hydrogen) atoms. The van der Waals surface area contributed by atoms with E-state index in [2.05, 4.69) is 11.1 Å². The molecule has 0 N–H and O–H groups in total. The predicted molar refractivity (Wildman–Crippen MR) is 96.0 cm³/mol. The lowest BCUT2D eigenvalue weighted by Gasteiger charge is -2.34. The molecule has 142 valence electrons. The van der Waals surface area contributed by atoms with Crippen LogP contribution in [0.4, 0.5) is 13.2 Å². The SMILES string of the molecule is N#Cc1cc(C(=O)N2C3C=C(c4ccccc4)CC2CC3)cnc1C(F)(F)F. The Morgan fingerprint density at radius 2 is 1.96 bits per heavy atom. The van der Waals surface area contributed by atoms with Crippen molar-refractivity contribution in [3.8, 4) is 6.07 Å². The summed E-state index contributed by atoms with van der Waals surface area (Å²) in [6, 6.07) is 12.3. The number of fused-ring (bicyclic) bond motifs is 2. The van der Waals surface area contributed by atoms with E-state index in [4.69, 9.17) is 5.26 Å². The molecule has 2 bridgehead atoms. The van der Waals surface area contributed by atoms with E-state index in [-0.39, 0.29) is 23.6 Å². The number of aromatic nitrogens is 1. The van der Waals surface area contributed by atoms with E-state index >= 15 is 0 Å². The Labute approximate surface area is 159 Å². The Balaban J connectivity index is 1.63. The molecule has 1 amide bonds. The Morgan fingerprint density at radius 3 is 2.61 bits per heavy atom. The zero-order chi connectivity index (χ0) is 19.9. The van der Waals surface area contributed by atoms with Gasteiger partial charge in [-0.15, -0.1) is 0 Å². The largest absolute Gasteiger partial charge is 0.434 e. The van der Waals surface area contributed by atoms with E-state index in [1.165, 1.54) is 11.6 Å². The Hall–Kier alpha value is -3.14. The number of alkyl halides is 3. The second kappa shape index (κ2) is 6.79. The predicted octanol–water partition coefficient (Wildman–Crippen LogP) is 4.43. The van der Waals surface area contributed by atoms with Crippen molar-refractivity contribution in [1.29, 1.82) is 5.26 Å².